The van der Waals surface area contributed by atoms with Crippen LogP contribution in [0.2, 0.25) is 5.02 Å². The van der Waals surface area contributed by atoms with Crippen molar-refractivity contribution in [3.05, 3.63) is 89.6 Å². The summed E-state index contributed by atoms with van der Waals surface area (Å²) in [7, 11) is 4.40. The molecule has 0 saturated carbocycles. The number of allylic oxidation sites excluding steroid dienone is 1. The highest BCUT2D eigenvalue weighted by atomic mass is 35.5. The molecule has 33 heavy (non-hydrogen) atoms. The predicted molar refractivity (Wildman–Crippen MR) is 127 cm³/mol. The maximum absolute atomic E-state index is 13.6. The predicted octanol–water partition coefficient (Wildman–Crippen LogP) is 3.08. The van der Waals surface area contributed by atoms with Crippen LogP contribution < -0.4 is 24.4 Å². The van der Waals surface area contributed by atoms with E-state index in [0.717, 1.165) is 5.56 Å². The molecule has 170 valence electrons. The Morgan fingerprint density at radius 3 is 2.64 bits per heavy atom. The number of methoxy groups -OCH3 is 3. The van der Waals surface area contributed by atoms with Gasteiger partial charge in [0.2, 0.25) is 0 Å². The molecular formula is C24H21ClN2O5S. The van der Waals surface area contributed by atoms with E-state index in [2.05, 4.69) is 4.99 Å². The lowest BCUT2D eigenvalue weighted by atomic mass is 9.95. The number of carbonyl (C=O) groups is 1. The first-order valence-corrected chi connectivity index (χ1v) is 11.2. The fourth-order valence-electron chi connectivity index (χ4n) is 3.79. The number of nitrogens with zero attached hydrogens (tertiary/aromatic N) is 2. The van der Waals surface area contributed by atoms with Crippen LogP contribution in [-0.4, -0.2) is 31.9 Å². The zero-order valence-corrected chi connectivity index (χ0v) is 20.0. The molecule has 2 aromatic carbocycles. The number of esters is 1. The highest BCUT2D eigenvalue weighted by molar-refractivity contribution is 7.07. The highest BCUT2D eigenvalue weighted by Gasteiger charge is 2.35. The third-order valence-electron chi connectivity index (χ3n) is 5.30. The van der Waals surface area contributed by atoms with Gasteiger partial charge < -0.3 is 14.2 Å². The van der Waals surface area contributed by atoms with E-state index in [1.54, 1.807) is 38.3 Å². The molecule has 1 aliphatic heterocycles. The number of carbonyl (C=O) groups excluding carboxylic acids is 1. The van der Waals surface area contributed by atoms with Gasteiger partial charge in [-0.3, -0.25) is 9.36 Å². The standard InChI is InChI=1S/C24H21ClN2O5S/c1-13-20(23(29)32-4)21(17-12-15(25)8-9-18(17)31-3)27-22(28)19(33-24(27)26-13)11-14-6-5-7-16(10-14)30-2/h5-12,21H,1-4H3/b19-11-/t21-/m1/s1. The van der Waals surface area contributed by atoms with E-state index in [-0.39, 0.29) is 11.1 Å². The maximum Gasteiger partial charge on any atom is 0.338 e. The second-order valence-electron chi connectivity index (χ2n) is 7.24. The van der Waals surface area contributed by atoms with Gasteiger partial charge in [0.25, 0.3) is 5.56 Å². The minimum atomic E-state index is -0.810. The lowest BCUT2D eigenvalue weighted by Crippen LogP contribution is -2.40. The zero-order chi connectivity index (χ0) is 23.7. The molecule has 1 atom stereocenters. The summed E-state index contributed by atoms with van der Waals surface area (Å²) in [6.07, 6.45) is 1.77. The number of hydrogen-bond donors (Lipinski definition) is 0. The third-order valence-corrected chi connectivity index (χ3v) is 6.52. The monoisotopic (exact) mass is 484 g/mol. The van der Waals surface area contributed by atoms with E-state index in [4.69, 9.17) is 25.8 Å². The summed E-state index contributed by atoms with van der Waals surface area (Å²) in [6.45, 7) is 1.72. The van der Waals surface area contributed by atoms with E-state index in [9.17, 15) is 9.59 Å². The Kier molecular flexibility index (Phi) is 6.40. The highest BCUT2D eigenvalue weighted by Crippen LogP contribution is 2.37. The molecule has 4 rings (SSSR count). The summed E-state index contributed by atoms with van der Waals surface area (Å²) >= 11 is 7.52. The van der Waals surface area contributed by atoms with Crippen LogP contribution in [0.5, 0.6) is 11.5 Å². The maximum atomic E-state index is 13.6. The van der Waals surface area contributed by atoms with Crippen molar-refractivity contribution >= 4 is 35.0 Å². The zero-order valence-electron chi connectivity index (χ0n) is 18.4. The topological polar surface area (TPSA) is 79.1 Å². The molecule has 0 saturated heterocycles. The molecule has 1 aromatic heterocycles. The smallest absolute Gasteiger partial charge is 0.338 e. The molecule has 0 radical (unpaired) electrons. The first-order chi connectivity index (χ1) is 15.9. The van der Waals surface area contributed by atoms with Crippen LogP contribution in [0, 0.1) is 0 Å². The van der Waals surface area contributed by atoms with Crippen LogP contribution in [0.25, 0.3) is 6.08 Å². The summed E-state index contributed by atoms with van der Waals surface area (Å²) in [5.74, 6) is 0.593. The first-order valence-electron chi connectivity index (χ1n) is 9.96. The van der Waals surface area contributed by atoms with Crippen LogP contribution in [0.3, 0.4) is 0 Å². The van der Waals surface area contributed by atoms with Crippen molar-refractivity contribution in [2.24, 2.45) is 4.99 Å². The summed E-state index contributed by atoms with van der Waals surface area (Å²) in [4.78, 5) is 31.4. The van der Waals surface area contributed by atoms with Gasteiger partial charge >= 0.3 is 5.97 Å². The number of ether oxygens (including phenoxy) is 3. The van der Waals surface area contributed by atoms with Crippen molar-refractivity contribution in [2.75, 3.05) is 21.3 Å². The molecule has 3 aromatic rings. The summed E-state index contributed by atoms with van der Waals surface area (Å²) in [5.41, 5.74) is 1.79. The Hall–Kier alpha value is -3.36. The van der Waals surface area contributed by atoms with Gasteiger partial charge in [-0.05, 0) is 48.9 Å². The molecule has 0 N–H and O–H groups in total. The molecule has 0 aliphatic carbocycles. The summed E-state index contributed by atoms with van der Waals surface area (Å²) < 4.78 is 17.8. The average molecular weight is 485 g/mol. The van der Waals surface area contributed by atoms with Crippen molar-refractivity contribution in [3.8, 4) is 11.5 Å². The van der Waals surface area contributed by atoms with Crippen LogP contribution >= 0.6 is 22.9 Å². The van der Waals surface area contributed by atoms with E-state index in [0.29, 0.717) is 37.1 Å². The van der Waals surface area contributed by atoms with E-state index in [1.165, 1.54) is 30.1 Å². The fourth-order valence-corrected chi connectivity index (χ4v) is 5.02. The van der Waals surface area contributed by atoms with Crippen LogP contribution in [0.15, 0.2) is 63.5 Å². The lowest BCUT2D eigenvalue weighted by molar-refractivity contribution is -0.136. The number of thiazole rings is 1. The van der Waals surface area contributed by atoms with Crippen LogP contribution in [0.1, 0.15) is 24.1 Å². The van der Waals surface area contributed by atoms with Gasteiger partial charge in [0.1, 0.15) is 17.5 Å². The van der Waals surface area contributed by atoms with Gasteiger partial charge in [0.05, 0.1) is 37.1 Å². The number of fused-ring (bicyclic) bond motifs is 1. The number of hydrogen-bond acceptors (Lipinski definition) is 7. The first kappa shape index (κ1) is 22.8. The van der Waals surface area contributed by atoms with Gasteiger partial charge in [-0.2, -0.15) is 0 Å². The number of aromatic nitrogens is 1. The molecule has 0 unspecified atom stereocenters. The van der Waals surface area contributed by atoms with E-state index < -0.39 is 12.0 Å². The van der Waals surface area contributed by atoms with Gasteiger partial charge in [-0.15, -0.1) is 0 Å². The number of benzene rings is 2. The molecular weight excluding hydrogens is 464 g/mol. The molecule has 1 aliphatic rings. The van der Waals surface area contributed by atoms with Crippen LogP contribution in [-0.2, 0) is 9.53 Å². The van der Waals surface area contributed by atoms with E-state index in [1.807, 2.05) is 24.3 Å². The third kappa shape index (κ3) is 4.19. The SMILES string of the molecule is COC(=O)C1=C(C)N=c2s/c(=C\c3cccc(OC)c3)c(=O)n2[C@@H]1c1cc(Cl)ccc1OC. The molecule has 0 fully saturated rings. The van der Waals surface area contributed by atoms with Crippen molar-refractivity contribution in [1.29, 1.82) is 0 Å². The average Bonchev–Trinajstić information content (AvgIpc) is 3.12. The van der Waals surface area contributed by atoms with Gasteiger partial charge in [0.15, 0.2) is 4.80 Å². The second kappa shape index (κ2) is 9.25. The fraction of sp³-hybridized carbons (Fsp3) is 0.208. The van der Waals surface area contributed by atoms with Crippen molar-refractivity contribution in [2.45, 2.75) is 13.0 Å². The normalized spacial score (nSPS) is 15.7. The van der Waals surface area contributed by atoms with Crippen LogP contribution in [0.4, 0.5) is 0 Å². The van der Waals surface area contributed by atoms with Gasteiger partial charge in [0, 0.05) is 10.6 Å². The van der Waals surface area contributed by atoms with E-state index >= 15 is 0 Å². The minimum absolute atomic E-state index is 0.249. The van der Waals surface area contributed by atoms with Crippen molar-refractivity contribution in [3.63, 3.8) is 0 Å². The Morgan fingerprint density at radius 1 is 1.15 bits per heavy atom. The Balaban J connectivity index is 2.01. The molecule has 9 heteroatoms. The lowest BCUT2D eigenvalue weighted by Gasteiger charge is -2.25. The quantitative estimate of drug-likeness (QED) is 0.520. The second-order valence-corrected chi connectivity index (χ2v) is 8.68. The molecule has 0 spiro atoms. The number of rotatable bonds is 5. The largest absolute Gasteiger partial charge is 0.497 e. The Bertz CT molecular complexity index is 1450. The van der Waals surface area contributed by atoms with Crippen molar-refractivity contribution < 1.29 is 19.0 Å². The molecule has 0 amide bonds. The van der Waals surface area contributed by atoms with Crippen molar-refractivity contribution in [1.82, 2.24) is 4.57 Å². The molecule has 7 nitrogen and oxygen atoms in total. The molecule has 0 bridgehead atoms. The van der Waals surface area contributed by atoms with Gasteiger partial charge in [-0.1, -0.05) is 35.1 Å². The summed E-state index contributed by atoms with van der Waals surface area (Å²) in [6, 6.07) is 11.7. The van der Waals surface area contributed by atoms with Gasteiger partial charge in [-0.25, -0.2) is 9.79 Å². The summed E-state index contributed by atoms with van der Waals surface area (Å²) in [5, 5.41) is 0.447. The minimum Gasteiger partial charge on any atom is -0.497 e. The Morgan fingerprint density at radius 2 is 1.94 bits per heavy atom. The molecule has 2 heterocycles. The number of halogens is 1. The Labute approximate surface area is 198 Å².